The number of phenolic OH excluding ortho intramolecular Hbond substituents is 2. The molecule has 26 heavy (non-hydrogen) atoms. The van der Waals surface area contributed by atoms with E-state index in [2.05, 4.69) is 13.8 Å². The Morgan fingerprint density at radius 2 is 1.27 bits per heavy atom. The first-order valence-electron chi connectivity index (χ1n) is 8.65. The van der Waals surface area contributed by atoms with Crippen molar-refractivity contribution in [2.75, 3.05) is 27.9 Å². The van der Waals surface area contributed by atoms with Crippen LogP contribution in [-0.4, -0.2) is 38.1 Å². The van der Waals surface area contributed by atoms with E-state index < -0.39 is 0 Å². The first kappa shape index (κ1) is 19.9. The summed E-state index contributed by atoms with van der Waals surface area (Å²) in [4.78, 5) is 0. The predicted octanol–water partition coefficient (Wildman–Crippen LogP) is 4.17. The van der Waals surface area contributed by atoms with Gasteiger partial charge in [0.1, 0.15) is 0 Å². The molecule has 1 atom stereocenters. The molecule has 0 aliphatic rings. The average molecular weight is 360 g/mol. The Morgan fingerprint density at radius 3 is 1.62 bits per heavy atom. The third-order valence-electron chi connectivity index (χ3n) is 4.77. The Hall–Kier alpha value is -2.40. The van der Waals surface area contributed by atoms with Crippen LogP contribution in [0.3, 0.4) is 0 Å². The summed E-state index contributed by atoms with van der Waals surface area (Å²) in [5.74, 6) is 1.58. The Labute approximate surface area is 155 Å². The third kappa shape index (κ3) is 4.22. The van der Waals surface area contributed by atoms with E-state index in [4.69, 9.17) is 14.2 Å². The molecular weight excluding hydrogens is 332 g/mol. The van der Waals surface area contributed by atoms with Gasteiger partial charge in [-0.15, -0.1) is 0 Å². The molecule has 2 aromatic rings. The molecule has 0 heterocycles. The maximum Gasteiger partial charge on any atom is 0.160 e. The van der Waals surface area contributed by atoms with Crippen LogP contribution < -0.4 is 9.47 Å². The highest BCUT2D eigenvalue weighted by molar-refractivity contribution is 5.49. The van der Waals surface area contributed by atoms with Gasteiger partial charge in [0, 0.05) is 13.0 Å². The molecule has 0 aromatic heterocycles. The topological polar surface area (TPSA) is 68.2 Å². The van der Waals surface area contributed by atoms with Gasteiger partial charge in [0.2, 0.25) is 0 Å². The second-order valence-electron chi connectivity index (χ2n) is 6.70. The number of methoxy groups -OCH3 is 3. The van der Waals surface area contributed by atoms with Gasteiger partial charge < -0.3 is 24.4 Å². The summed E-state index contributed by atoms with van der Waals surface area (Å²) in [5, 5.41) is 19.9. The second kappa shape index (κ2) is 8.81. The van der Waals surface area contributed by atoms with Crippen molar-refractivity contribution < 1.29 is 24.4 Å². The maximum absolute atomic E-state index is 9.95. The standard InChI is InChI=1S/C21H28O5/c1-13(2)16(12-24-3)21(14-6-8-17(22)19(10-14)25-4)15-7-9-18(23)20(11-15)26-5/h6-11,13,16,21-23H,12H2,1-5H3/t16-/m1/s1. The van der Waals surface area contributed by atoms with E-state index in [-0.39, 0.29) is 23.3 Å². The molecular formula is C21H28O5. The lowest BCUT2D eigenvalue weighted by Crippen LogP contribution is -2.24. The van der Waals surface area contributed by atoms with Crippen LogP contribution in [0.25, 0.3) is 0 Å². The lowest BCUT2D eigenvalue weighted by molar-refractivity contribution is 0.119. The Morgan fingerprint density at radius 1 is 0.808 bits per heavy atom. The molecule has 2 aromatic carbocycles. The fourth-order valence-electron chi connectivity index (χ4n) is 3.33. The molecule has 5 nitrogen and oxygen atoms in total. The van der Waals surface area contributed by atoms with Crippen LogP contribution in [0.5, 0.6) is 23.0 Å². The molecule has 0 bridgehead atoms. The van der Waals surface area contributed by atoms with Crippen molar-refractivity contribution in [2.45, 2.75) is 19.8 Å². The van der Waals surface area contributed by atoms with Gasteiger partial charge in [0.15, 0.2) is 23.0 Å². The van der Waals surface area contributed by atoms with E-state index in [1.165, 1.54) is 14.2 Å². The summed E-state index contributed by atoms with van der Waals surface area (Å²) >= 11 is 0. The van der Waals surface area contributed by atoms with Gasteiger partial charge in [-0.25, -0.2) is 0 Å². The van der Waals surface area contributed by atoms with Crippen LogP contribution in [0, 0.1) is 11.8 Å². The van der Waals surface area contributed by atoms with Crippen molar-refractivity contribution in [1.82, 2.24) is 0 Å². The summed E-state index contributed by atoms with van der Waals surface area (Å²) < 4.78 is 16.1. The monoisotopic (exact) mass is 360 g/mol. The largest absolute Gasteiger partial charge is 0.504 e. The number of phenols is 2. The van der Waals surface area contributed by atoms with Gasteiger partial charge in [-0.1, -0.05) is 26.0 Å². The minimum Gasteiger partial charge on any atom is -0.504 e. The smallest absolute Gasteiger partial charge is 0.160 e. The molecule has 0 saturated heterocycles. The van der Waals surface area contributed by atoms with Crippen LogP contribution in [0.4, 0.5) is 0 Å². The van der Waals surface area contributed by atoms with Crippen LogP contribution in [-0.2, 0) is 4.74 Å². The van der Waals surface area contributed by atoms with Crippen molar-refractivity contribution in [3.8, 4) is 23.0 Å². The quantitative estimate of drug-likeness (QED) is 0.740. The molecule has 0 unspecified atom stereocenters. The van der Waals surface area contributed by atoms with Crippen molar-refractivity contribution in [2.24, 2.45) is 11.8 Å². The molecule has 0 radical (unpaired) electrons. The van der Waals surface area contributed by atoms with Gasteiger partial charge in [0.25, 0.3) is 0 Å². The molecule has 0 spiro atoms. The van der Waals surface area contributed by atoms with E-state index in [0.717, 1.165) is 11.1 Å². The SMILES string of the molecule is COC[C@H](C(C)C)C(c1ccc(O)c(OC)c1)c1ccc(O)c(OC)c1. The maximum atomic E-state index is 9.95. The van der Waals surface area contributed by atoms with Crippen molar-refractivity contribution in [3.05, 3.63) is 47.5 Å². The molecule has 0 fully saturated rings. The molecule has 0 saturated carbocycles. The highest BCUT2D eigenvalue weighted by Crippen LogP contribution is 2.41. The Kier molecular flexibility index (Phi) is 6.75. The molecule has 2 N–H and O–H groups in total. The van der Waals surface area contributed by atoms with Gasteiger partial charge in [0.05, 0.1) is 20.8 Å². The van der Waals surface area contributed by atoms with Crippen molar-refractivity contribution in [1.29, 1.82) is 0 Å². The van der Waals surface area contributed by atoms with Crippen molar-refractivity contribution >= 4 is 0 Å². The highest BCUT2D eigenvalue weighted by Gasteiger charge is 2.29. The van der Waals surface area contributed by atoms with E-state index in [9.17, 15) is 10.2 Å². The second-order valence-corrected chi connectivity index (χ2v) is 6.70. The van der Waals surface area contributed by atoms with E-state index in [1.807, 2.05) is 24.3 Å². The van der Waals surface area contributed by atoms with Gasteiger partial charge in [-0.2, -0.15) is 0 Å². The summed E-state index contributed by atoms with van der Waals surface area (Å²) in [5.41, 5.74) is 2.01. The summed E-state index contributed by atoms with van der Waals surface area (Å²) in [7, 11) is 4.76. The zero-order valence-electron chi connectivity index (χ0n) is 16.0. The Bertz CT molecular complexity index is 673. The first-order chi connectivity index (χ1) is 12.4. The fourth-order valence-corrected chi connectivity index (χ4v) is 3.33. The molecule has 0 aliphatic carbocycles. The van der Waals surface area contributed by atoms with E-state index >= 15 is 0 Å². The predicted molar refractivity (Wildman–Crippen MR) is 101 cm³/mol. The number of ether oxygens (including phenoxy) is 3. The number of hydrogen-bond acceptors (Lipinski definition) is 5. The van der Waals surface area contributed by atoms with Crippen LogP contribution in [0.2, 0.25) is 0 Å². The van der Waals surface area contributed by atoms with E-state index in [1.54, 1.807) is 19.2 Å². The summed E-state index contributed by atoms with van der Waals surface area (Å²) in [6.45, 7) is 4.90. The number of benzene rings is 2. The number of hydrogen-bond donors (Lipinski definition) is 2. The Balaban J connectivity index is 2.62. The molecule has 142 valence electrons. The van der Waals surface area contributed by atoms with Crippen LogP contribution in [0.15, 0.2) is 36.4 Å². The minimum atomic E-state index is -0.0149. The molecule has 0 aliphatic heterocycles. The fraction of sp³-hybridized carbons (Fsp3) is 0.429. The van der Waals surface area contributed by atoms with E-state index in [0.29, 0.717) is 24.0 Å². The zero-order chi connectivity index (χ0) is 19.3. The summed E-state index contributed by atoms with van der Waals surface area (Å²) in [6, 6.07) is 10.8. The minimum absolute atomic E-state index is 0.0149. The third-order valence-corrected chi connectivity index (χ3v) is 4.77. The summed E-state index contributed by atoms with van der Waals surface area (Å²) in [6.07, 6.45) is 0. The highest BCUT2D eigenvalue weighted by atomic mass is 16.5. The molecule has 5 heteroatoms. The van der Waals surface area contributed by atoms with Gasteiger partial charge >= 0.3 is 0 Å². The zero-order valence-corrected chi connectivity index (χ0v) is 16.0. The average Bonchev–Trinajstić information content (AvgIpc) is 2.63. The number of aromatic hydroxyl groups is 2. The van der Waals surface area contributed by atoms with Gasteiger partial charge in [-0.05, 0) is 47.2 Å². The number of rotatable bonds is 8. The van der Waals surface area contributed by atoms with Gasteiger partial charge in [-0.3, -0.25) is 0 Å². The molecule has 0 amide bonds. The van der Waals surface area contributed by atoms with Crippen molar-refractivity contribution in [3.63, 3.8) is 0 Å². The first-order valence-corrected chi connectivity index (χ1v) is 8.65. The normalized spacial score (nSPS) is 12.4. The molecule has 2 rings (SSSR count). The lowest BCUT2D eigenvalue weighted by atomic mass is 9.75. The van der Waals surface area contributed by atoms with Crippen LogP contribution in [0.1, 0.15) is 30.9 Å². The van der Waals surface area contributed by atoms with Crippen LogP contribution >= 0.6 is 0 Å². The lowest BCUT2D eigenvalue weighted by Gasteiger charge is -2.31.